The van der Waals surface area contributed by atoms with E-state index in [-0.39, 0.29) is 5.92 Å². The van der Waals surface area contributed by atoms with E-state index >= 15 is 0 Å². The zero-order valence-corrected chi connectivity index (χ0v) is 9.84. The van der Waals surface area contributed by atoms with Crippen LogP contribution in [0.3, 0.4) is 0 Å². The molecule has 2 atom stereocenters. The second-order valence-electron chi connectivity index (χ2n) is 3.70. The molecule has 1 aromatic heterocycles. The van der Waals surface area contributed by atoms with Crippen molar-refractivity contribution in [1.29, 1.82) is 10.5 Å². The van der Waals surface area contributed by atoms with Gasteiger partial charge in [0.2, 0.25) is 0 Å². The highest BCUT2D eigenvalue weighted by atomic mass is 32.1. The molecule has 0 amide bonds. The van der Waals surface area contributed by atoms with Gasteiger partial charge in [-0.05, 0) is 12.0 Å². The van der Waals surface area contributed by atoms with Crippen LogP contribution in [0.4, 0.5) is 0 Å². The first-order chi connectivity index (χ1) is 7.22. The van der Waals surface area contributed by atoms with Crippen LogP contribution in [0, 0.1) is 28.6 Å². The zero-order chi connectivity index (χ0) is 11.3. The molecule has 0 spiro atoms. The van der Waals surface area contributed by atoms with Crippen LogP contribution in [0.25, 0.3) is 0 Å². The van der Waals surface area contributed by atoms with Gasteiger partial charge in [-0.15, -0.1) is 11.3 Å². The van der Waals surface area contributed by atoms with Gasteiger partial charge in [-0.25, -0.2) is 0 Å². The van der Waals surface area contributed by atoms with E-state index in [1.54, 1.807) is 11.3 Å². The number of hydrogen-bond donors (Lipinski definition) is 0. The first-order valence-electron chi connectivity index (χ1n) is 5.08. The molecule has 0 saturated carbocycles. The van der Waals surface area contributed by atoms with Crippen molar-refractivity contribution in [2.24, 2.45) is 5.92 Å². The molecular weight excluding hydrogens is 204 g/mol. The third kappa shape index (κ3) is 2.81. The van der Waals surface area contributed by atoms with Crippen molar-refractivity contribution in [1.82, 2.24) is 0 Å². The molecule has 78 valence electrons. The summed E-state index contributed by atoms with van der Waals surface area (Å²) in [6, 6.07) is 6.28. The van der Waals surface area contributed by atoms with E-state index in [0.717, 1.165) is 6.42 Å². The van der Waals surface area contributed by atoms with E-state index in [4.69, 9.17) is 10.5 Å². The Balaban J connectivity index is 2.90. The van der Waals surface area contributed by atoms with Crippen LogP contribution >= 0.6 is 11.3 Å². The Morgan fingerprint density at radius 1 is 1.47 bits per heavy atom. The topological polar surface area (TPSA) is 47.6 Å². The lowest BCUT2D eigenvalue weighted by Gasteiger charge is -2.18. The average Bonchev–Trinajstić information content (AvgIpc) is 2.73. The summed E-state index contributed by atoms with van der Waals surface area (Å²) >= 11 is 1.59. The van der Waals surface area contributed by atoms with Gasteiger partial charge in [0.05, 0.1) is 11.6 Å². The lowest BCUT2D eigenvalue weighted by Crippen LogP contribution is -2.06. The molecule has 15 heavy (non-hydrogen) atoms. The Morgan fingerprint density at radius 2 is 2.20 bits per heavy atom. The van der Waals surface area contributed by atoms with Crippen LogP contribution < -0.4 is 0 Å². The van der Waals surface area contributed by atoms with Crippen LogP contribution in [0.1, 0.15) is 43.0 Å². The van der Waals surface area contributed by atoms with E-state index in [1.165, 1.54) is 4.88 Å². The lowest BCUT2D eigenvalue weighted by atomic mass is 9.88. The Hall–Kier alpha value is -1.32. The highest BCUT2D eigenvalue weighted by Gasteiger charge is 2.19. The summed E-state index contributed by atoms with van der Waals surface area (Å²) in [6.45, 7) is 4.29. The molecule has 1 rings (SSSR count). The van der Waals surface area contributed by atoms with Crippen molar-refractivity contribution in [3.8, 4) is 12.1 Å². The highest BCUT2D eigenvalue weighted by molar-refractivity contribution is 7.10. The molecular formula is C12H14N2S. The van der Waals surface area contributed by atoms with Gasteiger partial charge in [0, 0.05) is 22.6 Å². The van der Waals surface area contributed by atoms with Crippen molar-refractivity contribution >= 4 is 11.3 Å². The lowest BCUT2D eigenvalue weighted by molar-refractivity contribution is 0.456. The summed E-state index contributed by atoms with van der Waals surface area (Å²) in [5.74, 6) is 0.780. The van der Waals surface area contributed by atoms with Gasteiger partial charge in [0.15, 0.2) is 0 Å². The van der Waals surface area contributed by atoms with Crippen LogP contribution in [-0.4, -0.2) is 0 Å². The minimum Gasteiger partial charge on any atom is -0.198 e. The van der Waals surface area contributed by atoms with Crippen molar-refractivity contribution < 1.29 is 0 Å². The van der Waals surface area contributed by atoms with Crippen LogP contribution in [0.5, 0.6) is 0 Å². The third-order valence-corrected chi connectivity index (χ3v) is 3.82. The second-order valence-corrected chi connectivity index (χ2v) is 4.65. The van der Waals surface area contributed by atoms with Gasteiger partial charge >= 0.3 is 0 Å². The van der Waals surface area contributed by atoms with E-state index < -0.39 is 0 Å². The highest BCUT2D eigenvalue weighted by Crippen LogP contribution is 2.33. The fraction of sp³-hybridized carbons (Fsp3) is 0.500. The number of thiophene rings is 1. The van der Waals surface area contributed by atoms with E-state index in [2.05, 4.69) is 26.0 Å². The van der Waals surface area contributed by atoms with Crippen LogP contribution in [0.15, 0.2) is 11.4 Å². The first kappa shape index (κ1) is 11.8. The predicted molar refractivity (Wildman–Crippen MR) is 61.5 cm³/mol. The summed E-state index contributed by atoms with van der Waals surface area (Å²) < 4.78 is 0. The molecule has 0 fully saturated rings. The monoisotopic (exact) mass is 218 g/mol. The Bertz CT molecular complexity index is 394. The fourth-order valence-corrected chi connectivity index (χ4v) is 2.64. The number of hydrogen-bond acceptors (Lipinski definition) is 3. The van der Waals surface area contributed by atoms with Crippen LogP contribution in [0.2, 0.25) is 0 Å². The maximum absolute atomic E-state index is 8.80. The molecule has 0 N–H and O–H groups in total. The fourth-order valence-electron chi connectivity index (χ4n) is 1.57. The SMILES string of the molecule is CCC(C)C(CC#N)c1cc(C#N)cs1. The molecule has 0 bridgehead atoms. The van der Waals surface area contributed by atoms with Crippen molar-refractivity contribution in [2.45, 2.75) is 32.6 Å². The molecule has 1 aromatic rings. The van der Waals surface area contributed by atoms with Crippen molar-refractivity contribution in [3.63, 3.8) is 0 Å². The summed E-state index contributed by atoms with van der Waals surface area (Å²) in [7, 11) is 0. The smallest absolute Gasteiger partial charge is 0.100 e. The third-order valence-electron chi connectivity index (χ3n) is 2.76. The van der Waals surface area contributed by atoms with Crippen LogP contribution in [-0.2, 0) is 0 Å². The van der Waals surface area contributed by atoms with Crippen molar-refractivity contribution in [2.75, 3.05) is 0 Å². The minimum absolute atomic E-state index is 0.284. The molecule has 0 aromatic carbocycles. The zero-order valence-electron chi connectivity index (χ0n) is 9.03. The molecule has 2 nitrogen and oxygen atoms in total. The molecule has 0 saturated heterocycles. The van der Waals surface area contributed by atoms with E-state index in [9.17, 15) is 0 Å². The van der Waals surface area contributed by atoms with Gasteiger partial charge in [-0.3, -0.25) is 0 Å². The van der Waals surface area contributed by atoms with E-state index in [0.29, 0.717) is 17.9 Å². The molecule has 0 aliphatic rings. The average molecular weight is 218 g/mol. The molecule has 3 heteroatoms. The summed E-state index contributed by atoms with van der Waals surface area (Å²) in [4.78, 5) is 1.17. The Labute approximate surface area is 94.8 Å². The second kappa shape index (κ2) is 5.53. The Kier molecular flexibility index (Phi) is 4.34. The normalized spacial score (nSPS) is 13.9. The molecule has 0 aliphatic heterocycles. The van der Waals surface area contributed by atoms with Gasteiger partial charge in [0.25, 0.3) is 0 Å². The van der Waals surface area contributed by atoms with Gasteiger partial charge in [0.1, 0.15) is 6.07 Å². The Morgan fingerprint density at radius 3 is 2.67 bits per heavy atom. The summed E-state index contributed by atoms with van der Waals surface area (Å²) in [5.41, 5.74) is 0.709. The van der Waals surface area contributed by atoms with Crippen molar-refractivity contribution in [3.05, 3.63) is 21.9 Å². The minimum atomic E-state index is 0.284. The maximum Gasteiger partial charge on any atom is 0.100 e. The van der Waals surface area contributed by atoms with Gasteiger partial charge in [-0.2, -0.15) is 10.5 Å². The quantitative estimate of drug-likeness (QED) is 0.774. The molecule has 2 unspecified atom stereocenters. The standard InChI is InChI=1S/C12H14N2S/c1-3-9(2)11(4-5-13)12-6-10(7-14)8-15-12/h6,8-9,11H,3-4H2,1-2H3. The summed E-state index contributed by atoms with van der Waals surface area (Å²) in [5, 5.41) is 19.4. The van der Waals surface area contributed by atoms with E-state index in [1.807, 2.05) is 11.4 Å². The first-order valence-corrected chi connectivity index (χ1v) is 5.96. The number of nitriles is 2. The maximum atomic E-state index is 8.80. The largest absolute Gasteiger partial charge is 0.198 e. The van der Waals surface area contributed by atoms with Gasteiger partial charge in [-0.1, -0.05) is 20.3 Å². The molecule has 0 radical (unpaired) electrons. The summed E-state index contributed by atoms with van der Waals surface area (Å²) in [6.07, 6.45) is 1.60. The molecule has 1 heterocycles. The predicted octanol–water partition coefficient (Wildman–Crippen LogP) is 3.66. The van der Waals surface area contributed by atoms with Gasteiger partial charge < -0.3 is 0 Å². The molecule has 0 aliphatic carbocycles. The number of nitrogens with zero attached hydrogens (tertiary/aromatic N) is 2. The number of rotatable bonds is 4.